The van der Waals surface area contributed by atoms with E-state index in [1.54, 1.807) is 0 Å². The molecule has 20 heavy (non-hydrogen) atoms. The maximum Gasteiger partial charge on any atom is 0.227 e. The van der Waals surface area contributed by atoms with E-state index >= 15 is 0 Å². The van der Waals surface area contributed by atoms with Gasteiger partial charge in [-0.1, -0.05) is 12.5 Å². The molecule has 3 N–H and O–H groups in total. The SMILES string of the molecule is Cl.NC1CCCC(C(=O)Nc2ccc3c(c2)CCC3)C1. The summed E-state index contributed by atoms with van der Waals surface area (Å²) in [6.07, 6.45) is 7.51. The van der Waals surface area contributed by atoms with Gasteiger partial charge in [0.2, 0.25) is 5.91 Å². The molecule has 0 aromatic heterocycles. The van der Waals surface area contributed by atoms with Crippen molar-refractivity contribution in [2.45, 2.75) is 51.0 Å². The number of anilines is 1. The summed E-state index contributed by atoms with van der Waals surface area (Å²) in [4.78, 5) is 12.2. The topological polar surface area (TPSA) is 55.1 Å². The van der Waals surface area contributed by atoms with E-state index in [1.165, 1.54) is 24.0 Å². The number of nitrogens with one attached hydrogen (secondary N) is 1. The molecule has 0 radical (unpaired) electrons. The zero-order chi connectivity index (χ0) is 13.2. The van der Waals surface area contributed by atoms with Crippen LogP contribution in [0.25, 0.3) is 0 Å². The summed E-state index contributed by atoms with van der Waals surface area (Å²) in [5.41, 5.74) is 9.74. The Balaban J connectivity index is 0.00000147. The summed E-state index contributed by atoms with van der Waals surface area (Å²) < 4.78 is 0. The second-order valence-electron chi connectivity index (χ2n) is 5.95. The van der Waals surface area contributed by atoms with Crippen LogP contribution >= 0.6 is 12.4 Å². The number of hydrogen-bond donors (Lipinski definition) is 2. The first-order valence-corrected chi connectivity index (χ1v) is 7.40. The lowest BCUT2D eigenvalue weighted by atomic mass is 9.85. The summed E-state index contributed by atoms with van der Waals surface area (Å²) in [6, 6.07) is 6.53. The van der Waals surface area contributed by atoms with Crippen LogP contribution in [-0.4, -0.2) is 11.9 Å². The molecule has 3 rings (SSSR count). The lowest BCUT2D eigenvalue weighted by molar-refractivity contribution is -0.120. The molecule has 0 heterocycles. The Kier molecular flexibility index (Phi) is 5.06. The Hall–Kier alpha value is -1.06. The molecule has 4 heteroatoms. The number of aryl methyl sites for hydroxylation is 2. The molecule has 110 valence electrons. The van der Waals surface area contributed by atoms with Crippen molar-refractivity contribution in [2.24, 2.45) is 11.7 Å². The minimum atomic E-state index is 0. The van der Waals surface area contributed by atoms with E-state index in [0.717, 1.165) is 37.8 Å². The van der Waals surface area contributed by atoms with Crippen LogP contribution in [-0.2, 0) is 17.6 Å². The number of nitrogens with two attached hydrogens (primary N) is 1. The van der Waals surface area contributed by atoms with Crippen LogP contribution < -0.4 is 11.1 Å². The number of rotatable bonds is 2. The van der Waals surface area contributed by atoms with E-state index in [1.807, 2.05) is 6.07 Å². The standard InChI is InChI=1S/C16H22N2O.ClH/c17-14-6-2-5-13(9-14)16(19)18-15-8-7-11-3-1-4-12(11)10-15;/h7-8,10,13-14H,1-6,9,17H2,(H,18,19);1H. The Morgan fingerprint density at radius 2 is 1.95 bits per heavy atom. The maximum atomic E-state index is 12.2. The molecule has 0 bridgehead atoms. The zero-order valence-corrected chi connectivity index (χ0v) is 12.5. The second-order valence-corrected chi connectivity index (χ2v) is 5.95. The van der Waals surface area contributed by atoms with Crippen LogP contribution in [0.2, 0.25) is 0 Å². The number of halogens is 1. The van der Waals surface area contributed by atoms with Crippen LogP contribution in [0.1, 0.15) is 43.2 Å². The zero-order valence-electron chi connectivity index (χ0n) is 11.7. The van der Waals surface area contributed by atoms with E-state index in [0.29, 0.717) is 0 Å². The van der Waals surface area contributed by atoms with E-state index < -0.39 is 0 Å². The lowest BCUT2D eigenvalue weighted by Crippen LogP contribution is -2.34. The van der Waals surface area contributed by atoms with E-state index in [-0.39, 0.29) is 30.3 Å². The lowest BCUT2D eigenvalue weighted by Gasteiger charge is -2.25. The number of fused-ring (bicyclic) bond motifs is 1. The van der Waals surface area contributed by atoms with Crippen molar-refractivity contribution in [1.82, 2.24) is 0 Å². The molecular formula is C16H23ClN2O. The molecular weight excluding hydrogens is 272 g/mol. The van der Waals surface area contributed by atoms with E-state index in [9.17, 15) is 4.79 Å². The van der Waals surface area contributed by atoms with E-state index in [2.05, 4.69) is 17.4 Å². The molecule has 0 aliphatic heterocycles. The van der Waals surface area contributed by atoms with Gasteiger partial charge in [-0.05, 0) is 61.8 Å². The number of amides is 1. The Labute approximate surface area is 126 Å². The number of hydrogen-bond acceptors (Lipinski definition) is 2. The van der Waals surface area contributed by atoms with Gasteiger partial charge in [0.1, 0.15) is 0 Å². The largest absolute Gasteiger partial charge is 0.328 e. The highest BCUT2D eigenvalue weighted by Gasteiger charge is 2.25. The summed E-state index contributed by atoms with van der Waals surface area (Å²) in [5.74, 6) is 0.241. The van der Waals surface area contributed by atoms with Gasteiger partial charge in [0.15, 0.2) is 0 Å². The molecule has 1 amide bonds. The van der Waals surface area contributed by atoms with Crippen molar-refractivity contribution in [3.63, 3.8) is 0 Å². The molecule has 1 aromatic rings. The molecule has 1 fully saturated rings. The van der Waals surface area contributed by atoms with Crippen LogP contribution in [0.4, 0.5) is 5.69 Å². The highest BCUT2D eigenvalue weighted by molar-refractivity contribution is 5.92. The van der Waals surface area contributed by atoms with Crippen molar-refractivity contribution in [2.75, 3.05) is 5.32 Å². The van der Waals surface area contributed by atoms with Gasteiger partial charge in [-0.3, -0.25) is 4.79 Å². The van der Waals surface area contributed by atoms with Gasteiger partial charge in [0, 0.05) is 17.6 Å². The summed E-state index contributed by atoms with van der Waals surface area (Å²) in [6.45, 7) is 0. The molecule has 2 unspecified atom stereocenters. The van der Waals surface area contributed by atoms with Crippen molar-refractivity contribution in [1.29, 1.82) is 0 Å². The third kappa shape index (κ3) is 3.33. The Morgan fingerprint density at radius 1 is 1.15 bits per heavy atom. The maximum absolute atomic E-state index is 12.2. The van der Waals surface area contributed by atoms with Gasteiger partial charge in [-0.25, -0.2) is 0 Å². The third-order valence-corrected chi connectivity index (χ3v) is 4.45. The van der Waals surface area contributed by atoms with Crippen LogP contribution in [0.15, 0.2) is 18.2 Å². The van der Waals surface area contributed by atoms with Crippen molar-refractivity contribution in [3.8, 4) is 0 Å². The number of benzene rings is 1. The number of carbonyl (C=O) groups is 1. The van der Waals surface area contributed by atoms with Crippen LogP contribution in [0.3, 0.4) is 0 Å². The molecule has 2 atom stereocenters. The Morgan fingerprint density at radius 3 is 2.75 bits per heavy atom. The summed E-state index contributed by atoms with van der Waals surface area (Å²) in [7, 11) is 0. The van der Waals surface area contributed by atoms with Crippen molar-refractivity contribution in [3.05, 3.63) is 29.3 Å². The van der Waals surface area contributed by atoms with Gasteiger partial charge < -0.3 is 11.1 Å². The molecule has 1 saturated carbocycles. The number of carbonyl (C=O) groups excluding carboxylic acids is 1. The van der Waals surface area contributed by atoms with Gasteiger partial charge in [-0.2, -0.15) is 0 Å². The minimum absolute atomic E-state index is 0. The fourth-order valence-electron chi connectivity index (χ4n) is 3.36. The van der Waals surface area contributed by atoms with Gasteiger partial charge >= 0.3 is 0 Å². The van der Waals surface area contributed by atoms with Crippen molar-refractivity contribution >= 4 is 24.0 Å². The fraction of sp³-hybridized carbons (Fsp3) is 0.562. The monoisotopic (exact) mass is 294 g/mol. The van der Waals surface area contributed by atoms with Crippen LogP contribution in [0, 0.1) is 5.92 Å². The normalized spacial score (nSPS) is 24.6. The van der Waals surface area contributed by atoms with Gasteiger partial charge in [0.25, 0.3) is 0 Å². The summed E-state index contributed by atoms with van der Waals surface area (Å²) >= 11 is 0. The van der Waals surface area contributed by atoms with Gasteiger partial charge in [0.05, 0.1) is 0 Å². The third-order valence-electron chi connectivity index (χ3n) is 4.45. The van der Waals surface area contributed by atoms with Crippen molar-refractivity contribution < 1.29 is 4.79 Å². The first kappa shape index (κ1) is 15.3. The quantitative estimate of drug-likeness (QED) is 0.881. The predicted molar refractivity (Wildman–Crippen MR) is 84.3 cm³/mol. The first-order valence-electron chi connectivity index (χ1n) is 7.40. The predicted octanol–water partition coefficient (Wildman–Crippen LogP) is 3.05. The molecule has 0 spiro atoms. The smallest absolute Gasteiger partial charge is 0.227 e. The van der Waals surface area contributed by atoms with Gasteiger partial charge in [-0.15, -0.1) is 12.4 Å². The second kappa shape index (κ2) is 6.59. The Bertz CT molecular complexity index is 489. The molecule has 2 aliphatic rings. The first-order chi connectivity index (χ1) is 9.22. The summed E-state index contributed by atoms with van der Waals surface area (Å²) in [5, 5.41) is 3.07. The molecule has 3 nitrogen and oxygen atoms in total. The average molecular weight is 295 g/mol. The minimum Gasteiger partial charge on any atom is -0.328 e. The highest BCUT2D eigenvalue weighted by Crippen LogP contribution is 2.27. The molecule has 0 saturated heterocycles. The molecule has 2 aliphatic carbocycles. The van der Waals surface area contributed by atoms with Crippen LogP contribution in [0.5, 0.6) is 0 Å². The highest BCUT2D eigenvalue weighted by atomic mass is 35.5. The average Bonchev–Trinajstić information content (AvgIpc) is 2.86. The fourth-order valence-corrected chi connectivity index (χ4v) is 3.36. The van der Waals surface area contributed by atoms with E-state index in [4.69, 9.17) is 5.73 Å². The molecule has 1 aromatic carbocycles.